The van der Waals surface area contributed by atoms with Gasteiger partial charge in [0.05, 0.1) is 26.4 Å². The molecule has 0 unspecified atom stereocenters. The molecule has 8 nitrogen and oxygen atoms in total. The van der Waals surface area contributed by atoms with Crippen LogP contribution in [0.25, 0.3) is 0 Å². The number of nitrogens with one attached hydrogen (secondary N) is 1. The van der Waals surface area contributed by atoms with E-state index in [9.17, 15) is 0 Å². The number of rotatable bonds is 11. The van der Waals surface area contributed by atoms with Crippen LogP contribution in [-0.4, -0.2) is 86.5 Å². The van der Waals surface area contributed by atoms with E-state index in [1.807, 2.05) is 6.07 Å². The van der Waals surface area contributed by atoms with Gasteiger partial charge in [-0.25, -0.2) is 9.97 Å². The van der Waals surface area contributed by atoms with Crippen LogP contribution in [0.4, 0.5) is 5.95 Å². The van der Waals surface area contributed by atoms with E-state index in [-0.39, 0.29) is 0 Å². The summed E-state index contributed by atoms with van der Waals surface area (Å²) >= 11 is 0. The Morgan fingerprint density at radius 2 is 1.74 bits per heavy atom. The van der Waals surface area contributed by atoms with Gasteiger partial charge in [0.1, 0.15) is 0 Å². The third-order valence-corrected chi connectivity index (χ3v) is 4.26. The molecule has 1 N–H and O–H groups in total. The maximum atomic E-state index is 5.60. The lowest BCUT2D eigenvalue weighted by atomic mass is 10.3. The second-order valence-corrected chi connectivity index (χ2v) is 6.34. The van der Waals surface area contributed by atoms with Crippen LogP contribution in [0.1, 0.15) is 26.7 Å². The van der Waals surface area contributed by atoms with Gasteiger partial charge in [0.25, 0.3) is 0 Å². The van der Waals surface area contributed by atoms with Gasteiger partial charge in [-0.05, 0) is 19.4 Å². The molecular weight excluding hydrogens is 344 g/mol. The van der Waals surface area contributed by atoms with Crippen molar-refractivity contribution in [3.63, 3.8) is 0 Å². The van der Waals surface area contributed by atoms with E-state index in [2.05, 4.69) is 38.9 Å². The lowest BCUT2D eigenvalue weighted by molar-refractivity contribution is 0.0497. The molecule has 1 aromatic rings. The number of piperazine rings is 1. The summed E-state index contributed by atoms with van der Waals surface area (Å²) in [4.78, 5) is 17.9. The maximum Gasteiger partial charge on any atom is 0.225 e. The minimum atomic E-state index is 0.615. The summed E-state index contributed by atoms with van der Waals surface area (Å²) in [6.45, 7) is 12.1. The third kappa shape index (κ3) is 8.09. The average Bonchev–Trinajstić information content (AvgIpc) is 2.72. The third-order valence-electron chi connectivity index (χ3n) is 4.26. The van der Waals surface area contributed by atoms with Crippen molar-refractivity contribution in [3.05, 3.63) is 18.5 Å². The van der Waals surface area contributed by atoms with Crippen molar-refractivity contribution in [2.24, 2.45) is 4.99 Å². The molecule has 8 heteroatoms. The molecule has 1 aliphatic heterocycles. The SMILES string of the molecule is CCCCOCCOCCN=C(NCC)N1CCN(c2ncccn2)CC1. The summed E-state index contributed by atoms with van der Waals surface area (Å²) < 4.78 is 11.1. The molecule has 0 amide bonds. The van der Waals surface area contributed by atoms with Crippen LogP contribution in [0.2, 0.25) is 0 Å². The normalized spacial score (nSPS) is 15.3. The predicted molar refractivity (Wildman–Crippen MR) is 108 cm³/mol. The maximum absolute atomic E-state index is 5.60. The molecule has 0 aromatic carbocycles. The average molecular weight is 379 g/mol. The number of hydrogen-bond acceptors (Lipinski definition) is 6. The van der Waals surface area contributed by atoms with Gasteiger partial charge in [-0.15, -0.1) is 0 Å². The van der Waals surface area contributed by atoms with E-state index < -0.39 is 0 Å². The fourth-order valence-corrected chi connectivity index (χ4v) is 2.78. The monoisotopic (exact) mass is 378 g/mol. The molecule has 0 saturated carbocycles. The molecule has 0 radical (unpaired) electrons. The fourth-order valence-electron chi connectivity index (χ4n) is 2.78. The van der Waals surface area contributed by atoms with Gasteiger partial charge in [-0.1, -0.05) is 13.3 Å². The van der Waals surface area contributed by atoms with E-state index in [1.54, 1.807) is 12.4 Å². The summed E-state index contributed by atoms with van der Waals surface area (Å²) in [6.07, 6.45) is 5.85. The van der Waals surface area contributed by atoms with Crippen molar-refractivity contribution in [1.29, 1.82) is 0 Å². The van der Waals surface area contributed by atoms with Gasteiger partial charge in [0.15, 0.2) is 5.96 Å². The van der Waals surface area contributed by atoms with Gasteiger partial charge in [-0.2, -0.15) is 0 Å². The first-order chi connectivity index (χ1) is 13.3. The van der Waals surface area contributed by atoms with Crippen molar-refractivity contribution < 1.29 is 9.47 Å². The van der Waals surface area contributed by atoms with E-state index >= 15 is 0 Å². The van der Waals surface area contributed by atoms with E-state index in [0.29, 0.717) is 26.4 Å². The Hall–Kier alpha value is -1.93. The highest BCUT2D eigenvalue weighted by Crippen LogP contribution is 2.09. The quantitative estimate of drug-likeness (QED) is 0.354. The highest BCUT2D eigenvalue weighted by atomic mass is 16.5. The van der Waals surface area contributed by atoms with E-state index in [0.717, 1.165) is 64.1 Å². The number of guanidine groups is 1. The fraction of sp³-hybridized carbons (Fsp3) is 0.737. The largest absolute Gasteiger partial charge is 0.379 e. The van der Waals surface area contributed by atoms with Crippen LogP contribution in [0, 0.1) is 0 Å². The summed E-state index contributed by atoms with van der Waals surface area (Å²) in [7, 11) is 0. The molecule has 1 saturated heterocycles. The number of hydrogen-bond donors (Lipinski definition) is 1. The van der Waals surface area contributed by atoms with Crippen molar-refractivity contribution >= 4 is 11.9 Å². The van der Waals surface area contributed by atoms with Gasteiger partial charge in [-0.3, -0.25) is 4.99 Å². The molecule has 0 bridgehead atoms. The zero-order valence-corrected chi connectivity index (χ0v) is 16.8. The molecule has 2 heterocycles. The van der Waals surface area contributed by atoms with Crippen molar-refractivity contribution in [2.75, 3.05) is 70.6 Å². The van der Waals surface area contributed by atoms with Crippen LogP contribution in [0.3, 0.4) is 0 Å². The number of nitrogens with zero attached hydrogens (tertiary/aromatic N) is 5. The van der Waals surface area contributed by atoms with Crippen LogP contribution >= 0.6 is 0 Å². The topological polar surface area (TPSA) is 75.1 Å². The molecule has 27 heavy (non-hydrogen) atoms. The second-order valence-electron chi connectivity index (χ2n) is 6.34. The zero-order chi connectivity index (χ0) is 19.2. The summed E-state index contributed by atoms with van der Waals surface area (Å²) in [5.41, 5.74) is 0. The Morgan fingerprint density at radius 3 is 2.41 bits per heavy atom. The van der Waals surface area contributed by atoms with Crippen LogP contribution < -0.4 is 10.2 Å². The second kappa shape index (κ2) is 13.3. The smallest absolute Gasteiger partial charge is 0.225 e. The van der Waals surface area contributed by atoms with Gasteiger partial charge >= 0.3 is 0 Å². The molecule has 0 atom stereocenters. The van der Waals surface area contributed by atoms with Crippen molar-refractivity contribution in [1.82, 2.24) is 20.2 Å². The van der Waals surface area contributed by atoms with E-state index in [4.69, 9.17) is 14.5 Å². The van der Waals surface area contributed by atoms with Crippen LogP contribution in [0.15, 0.2) is 23.5 Å². The number of anilines is 1. The minimum absolute atomic E-state index is 0.615. The Kier molecular flexibility index (Phi) is 10.5. The Labute approximate surface area is 163 Å². The lowest BCUT2D eigenvalue weighted by Gasteiger charge is -2.36. The van der Waals surface area contributed by atoms with Crippen molar-refractivity contribution in [2.45, 2.75) is 26.7 Å². The Morgan fingerprint density at radius 1 is 1.04 bits per heavy atom. The first-order valence-corrected chi connectivity index (χ1v) is 10.1. The Bertz CT molecular complexity index is 520. The predicted octanol–water partition coefficient (Wildman–Crippen LogP) is 1.40. The number of ether oxygens (including phenoxy) is 2. The first-order valence-electron chi connectivity index (χ1n) is 10.1. The minimum Gasteiger partial charge on any atom is -0.379 e. The number of unbranched alkanes of at least 4 members (excludes halogenated alkanes) is 1. The molecule has 152 valence electrons. The summed E-state index contributed by atoms with van der Waals surface area (Å²) in [5.74, 6) is 1.75. The van der Waals surface area contributed by atoms with Gasteiger partial charge < -0.3 is 24.6 Å². The van der Waals surface area contributed by atoms with Gasteiger partial charge in [0, 0.05) is 51.7 Å². The van der Waals surface area contributed by atoms with Crippen LogP contribution in [-0.2, 0) is 9.47 Å². The highest BCUT2D eigenvalue weighted by Gasteiger charge is 2.20. The molecule has 1 fully saturated rings. The number of aliphatic imine (C=N–C) groups is 1. The molecule has 1 aliphatic rings. The summed E-state index contributed by atoms with van der Waals surface area (Å²) in [6, 6.07) is 1.84. The molecular formula is C19H34N6O2. The standard InChI is InChI=1S/C19H34N6O2/c1-3-5-14-26-16-17-27-15-9-23-18(20-4-2)24-10-12-25(13-11-24)19-21-7-6-8-22-19/h6-8H,3-5,9-17H2,1-2H3,(H,20,23). The molecule has 0 spiro atoms. The molecule has 2 rings (SSSR count). The first kappa shape index (κ1) is 21.4. The molecule has 0 aliphatic carbocycles. The van der Waals surface area contributed by atoms with Crippen molar-refractivity contribution in [3.8, 4) is 0 Å². The summed E-state index contributed by atoms with van der Waals surface area (Å²) in [5, 5.41) is 3.38. The molecule has 1 aromatic heterocycles. The zero-order valence-electron chi connectivity index (χ0n) is 16.8. The number of aromatic nitrogens is 2. The van der Waals surface area contributed by atoms with Crippen LogP contribution in [0.5, 0.6) is 0 Å². The van der Waals surface area contributed by atoms with E-state index in [1.165, 1.54) is 0 Å². The lowest BCUT2D eigenvalue weighted by Crippen LogP contribution is -2.53. The van der Waals surface area contributed by atoms with Gasteiger partial charge in [0.2, 0.25) is 5.95 Å². The Balaban J connectivity index is 1.67. The highest BCUT2D eigenvalue weighted by molar-refractivity contribution is 5.80.